The number of halogens is 1. The van der Waals surface area contributed by atoms with Crippen LogP contribution in [0.4, 0.5) is 4.39 Å². The van der Waals surface area contributed by atoms with Crippen molar-refractivity contribution in [2.45, 2.75) is 76.7 Å². The maximum atomic E-state index is 14.9. The number of hydrogen-bond donors (Lipinski definition) is 2. The molecule has 1 aromatic carbocycles. The van der Waals surface area contributed by atoms with Gasteiger partial charge in [-0.2, -0.15) is 0 Å². The van der Waals surface area contributed by atoms with Crippen molar-refractivity contribution in [1.29, 1.82) is 0 Å². The lowest BCUT2D eigenvalue weighted by Gasteiger charge is -2.61. The van der Waals surface area contributed by atoms with Gasteiger partial charge in [0.2, 0.25) is 5.91 Å². The average molecular weight is 414 g/mol. The minimum Gasteiger partial charge on any atom is -0.481 e. The highest BCUT2D eigenvalue weighted by molar-refractivity contribution is 5.83. The van der Waals surface area contributed by atoms with E-state index >= 15 is 0 Å². The minimum atomic E-state index is -1.16. The number of amides is 1. The fourth-order valence-corrected chi connectivity index (χ4v) is 8.46. The van der Waals surface area contributed by atoms with Crippen molar-refractivity contribution in [1.82, 2.24) is 5.32 Å². The van der Waals surface area contributed by atoms with E-state index in [1.807, 2.05) is 0 Å². The number of aliphatic carboxylic acids is 1. The summed E-state index contributed by atoms with van der Waals surface area (Å²) < 4.78 is 14.9. The van der Waals surface area contributed by atoms with E-state index in [1.54, 1.807) is 18.2 Å². The fourth-order valence-electron chi connectivity index (χ4n) is 8.46. The van der Waals surface area contributed by atoms with E-state index in [0.29, 0.717) is 30.2 Å². The SMILES string of the molecule is C[C@]12CCC(=O)NC1CC[C@@H]1[C@H]2CC[C@@]2(C)[C@H]1CCC2(C(=O)O)c1ccccc1F. The Morgan fingerprint density at radius 2 is 1.80 bits per heavy atom. The smallest absolute Gasteiger partial charge is 0.314 e. The van der Waals surface area contributed by atoms with E-state index in [4.69, 9.17) is 0 Å². The summed E-state index contributed by atoms with van der Waals surface area (Å²) in [5.41, 5.74) is -1.16. The molecule has 4 nitrogen and oxygen atoms in total. The Kier molecular flexibility index (Phi) is 4.37. The maximum Gasteiger partial charge on any atom is 0.314 e. The maximum absolute atomic E-state index is 14.9. The number of rotatable bonds is 2. The molecule has 2 unspecified atom stereocenters. The van der Waals surface area contributed by atoms with Gasteiger partial charge in [0.15, 0.2) is 0 Å². The molecule has 0 bridgehead atoms. The van der Waals surface area contributed by atoms with Crippen LogP contribution in [0.3, 0.4) is 0 Å². The molecule has 5 heteroatoms. The van der Waals surface area contributed by atoms with E-state index in [0.717, 1.165) is 38.5 Å². The van der Waals surface area contributed by atoms with Crippen LogP contribution in [0.25, 0.3) is 0 Å². The van der Waals surface area contributed by atoms with Crippen LogP contribution in [-0.4, -0.2) is 23.0 Å². The molecule has 30 heavy (non-hydrogen) atoms. The Morgan fingerprint density at radius 1 is 1.07 bits per heavy atom. The molecular weight excluding hydrogens is 381 g/mol. The standard InChI is InChI=1S/C25H32FNO3/c1-23-12-11-21(28)27-20(23)8-7-15-16(23)9-13-24(2)17(15)10-14-25(24,22(29)30)18-5-3-4-6-19(18)26/h3-6,15-17,20H,7-14H2,1-2H3,(H,27,28)(H,29,30)/t15-,16-,17+,20?,23-,24+,25?/m1/s1. The number of carbonyl (C=O) groups is 2. The van der Waals surface area contributed by atoms with Crippen LogP contribution in [0.5, 0.6) is 0 Å². The first kappa shape index (κ1) is 20.0. The van der Waals surface area contributed by atoms with Crippen molar-refractivity contribution >= 4 is 11.9 Å². The van der Waals surface area contributed by atoms with Gasteiger partial charge in [-0.15, -0.1) is 0 Å². The molecule has 4 fully saturated rings. The highest BCUT2D eigenvalue weighted by atomic mass is 19.1. The zero-order chi connectivity index (χ0) is 21.3. The normalized spacial score (nSPS) is 45.1. The molecule has 0 spiro atoms. The third-order valence-electron chi connectivity index (χ3n) is 9.99. The summed E-state index contributed by atoms with van der Waals surface area (Å²) in [4.78, 5) is 24.8. The average Bonchev–Trinajstić information content (AvgIpc) is 3.03. The Hall–Kier alpha value is -1.91. The van der Waals surface area contributed by atoms with Gasteiger partial charge in [-0.25, -0.2) is 4.39 Å². The molecule has 4 aliphatic rings. The van der Waals surface area contributed by atoms with Crippen molar-refractivity contribution < 1.29 is 19.1 Å². The van der Waals surface area contributed by atoms with Crippen LogP contribution < -0.4 is 5.32 Å². The van der Waals surface area contributed by atoms with Gasteiger partial charge in [-0.05, 0) is 79.6 Å². The molecule has 1 aliphatic heterocycles. The van der Waals surface area contributed by atoms with Crippen LogP contribution in [0.1, 0.15) is 70.8 Å². The molecule has 2 N–H and O–H groups in total. The number of benzene rings is 1. The molecule has 7 atom stereocenters. The van der Waals surface area contributed by atoms with E-state index in [1.165, 1.54) is 6.07 Å². The minimum absolute atomic E-state index is 0.0879. The van der Waals surface area contributed by atoms with Crippen molar-refractivity contribution in [2.24, 2.45) is 28.6 Å². The van der Waals surface area contributed by atoms with Gasteiger partial charge in [0.05, 0.1) is 0 Å². The molecule has 0 radical (unpaired) electrons. The Labute approximate surface area is 177 Å². The van der Waals surface area contributed by atoms with E-state index in [2.05, 4.69) is 19.2 Å². The van der Waals surface area contributed by atoms with Gasteiger partial charge in [0.25, 0.3) is 0 Å². The Morgan fingerprint density at radius 3 is 2.53 bits per heavy atom. The van der Waals surface area contributed by atoms with Gasteiger partial charge in [0.1, 0.15) is 11.2 Å². The third-order valence-corrected chi connectivity index (χ3v) is 9.99. The number of carboxylic acids is 1. The van der Waals surface area contributed by atoms with Crippen LogP contribution >= 0.6 is 0 Å². The van der Waals surface area contributed by atoms with E-state index < -0.39 is 22.6 Å². The number of nitrogens with one attached hydrogen (secondary N) is 1. The molecule has 162 valence electrons. The van der Waals surface area contributed by atoms with Crippen LogP contribution in [0.15, 0.2) is 24.3 Å². The molecule has 1 heterocycles. The number of carbonyl (C=O) groups excluding carboxylic acids is 1. The Bertz CT molecular complexity index is 902. The second kappa shape index (κ2) is 6.54. The van der Waals surface area contributed by atoms with Crippen molar-refractivity contribution in [3.8, 4) is 0 Å². The number of hydrogen-bond acceptors (Lipinski definition) is 2. The second-order valence-electron chi connectivity index (χ2n) is 10.8. The molecule has 1 aromatic rings. The van der Waals surface area contributed by atoms with E-state index in [9.17, 15) is 19.1 Å². The zero-order valence-electron chi connectivity index (χ0n) is 17.9. The number of piperidine rings is 1. The summed E-state index contributed by atoms with van der Waals surface area (Å²) in [5.74, 6) is 0.132. The predicted molar refractivity (Wildman–Crippen MR) is 111 cm³/mol. The summed E-state index contributed by atoms with van der Waals surface area (Å²) in [7, 11) is 0. The molecule has 3 aliphatic carbocycles. The summed E-state index contributed by atoms with van der Waals surface area (Å²) in [6, 6.07) is 6.74. The fraction of sp³-hybridized carbons (Fsp3) is 0.680. The van der Waals surface area contributed by atoms with Crippen molar-refractivity contribution in [3.63, 3.8) is 0 Å². The number of carboxylic acid groups (broad SMARTS) is 1. The quantitative estimate of drug-likeness (QED) is 0.740. The van der Waals surface area contributed by atoms with Gasteiger partial charge < -0.3 is 10.4 Å². The highest BCUT2D eigenvalue weighted by Gasteiger charge is 2.68. The largest absolute Gasteiger partial charge is 0.481 e. The predicted octanol–water partition coefficient (Wildman–Crippen LogP) is 4.67. The van der Waals surface area contributed by atoms with Crippen LogP contribution in [-0.2, 0) is 15.0 Å². The first-order chi connectivity index (χ1) is 14.2. The first-order valence-electron chi connectivity index (χ1n) is 11.5. The molecule has 3 saturated carbocycles. The summed E-state index contributed by atoms with van der Waals surface area (Å²) in [6.07, 6.45) is 6.61. The summed E-state index contributed by atoms with van der Waals surface area (Å²) in [6.45, 7) is 4.46. The lowest BCUT2D eigenvalue weighted by Crippen LogP contribution is -2.62. The molecule has 5 rings (SSSR count). The van der Waals surface area contributed by atoms with Crippen molar-refractivity contribution in [2.75, 3.05) is 0 Å². The second-order valence-corrected chi connectivity index (χ2v) is 10.8. The molecule has 1 amide bonds. The third kappa shape index (κ3) is 2.38. The monoisotopic (exact) mass is 413 g/mol. The van der Waals surface area contributed by atoms with Gasteiger partial charge in [-0.1, -0.05) is 32.0 Å². The summed E-state index contributed by atoms with van der Waals surface area (Å²) in [5, 5.41) is 13.7. The number of fused-ring (bicyclic) bond motifs is 5. The first-order valence-corrected chi connectivity index (χ1v) is 11.5. The van der Waals surface area contributed by atoms with E-state index in [-0.39, 0.29) is 23.3 Å². The Balaban J connectivity index is 1.55. The van der Waals surface area contributed by atoms with Gasteiger partial charge in [0, 0.05) is 18.0 Å². The van der Waals surface area contributed by atoms with Crippen molar-refractivity contribution in [3.05, 3.63) is 35.6 Å². The highest BCUT2D eigenvalue weighted by Crippen LogP contribution is 2.69. The molecule has 0 aromatic heterocycles. The van der Waals surface area contributed by atoms with Crippen LogP contribution in [0, 0.1) is 34.4 Å². The summed E-state index contributed by atoms with van der Waals surface area (Å²) >= 11 is 0. The lowest BCUT2D eigenvalue weighted by atomic mass is 9.44. The van der Waals surface area contributed by atoms with Gasteiger partial charge >= 0.3 is 5.97 Å². The molecule has 1 saturated heterocycles. The molecular formula is C25H32FNO3. The topological polar surface area (TPSA) is 66.4 Å². The zero-order valence-corrected chi connectivity index (χ0v) is 17.9. The van der Waals surface area contributed by atoms with Gasteiger partial charge in [-0.3, -0.25) is 9.59 Å². The lowest BCUT2D eigenvalue weighted by molar-refractivity contribution is -0.157. The van der Waals surface area contributed by atoms with Crippen LogP contribution in [0.2, 0.25) is 0 Å².